The summed E-state index contributed by atoms with van der Waals surface area (Å²) in [5.74, 6) is 0.0234. The molecule has 0 radical (unpaired) electrons. The summed E-state index contributed by atoms with van der Waals surface area (Å²) in [6.45, 7) is 9.53. The molecule has 0 aliphatic heterocycles. The molecule has 94 valence electrons. The van der Waals surface area contributed by atoms with Gasteiger partial charge in [-0.25, -0.2) is 0 Å². The molecule has 0 heterocycles. The third-order valence-corrected chi connectivity index (χ3v) is 3.92. The molecule has 1 unspecified atom stereocenters. The molecule has 0 aliphatic rings. The van der Waals surface area contributed by atoms with Gasteiger partial charge in [0.1, 0.15) is 0 Å². The summed E-state index contributed by atoms with van der Waals surface area (Å²) < 4.78 is 28.6. The summed E-state index contributed by atoms with van der Waals surface area (Å²) >= 11 is 0. The Hall–Kier alpha value is -1.13. The van der Waals surface area contributed by atoms with Gasteiger partial charge in [-0.3, -0.25) is 4.18 Å². The van der Waals surface area contributed by atoms with Gasteiger partial charge in [0.25, 0.3) is 10.1 Å². The fourth-order valence-electron chi connectivity index (χ4n) is 1.11. The predicted octanol–water partition coefficient (Wildman–Crippen LogP) is 2.91. The average molecular weight is 254 g/mol. The van der Waals surface area contributed by atoms with Gasteiger partial charge in [-0.1, -0.05) is 36.8 Å². The number of aryl methyl sites for hydroxylation is 1. The third kappa shape index (κ3) is 3.98. The Balaban J connectivity index is 2.76. The van der Waals surface area contributed by atoms with Gasteiger partial charge in [-0.05, 0) is 26.0 Å². The lowest BCUT2D eigenvalue weighted by atomic mass is 10.1. The van der Waals surface area contributed by atoms with Crippen molar-refractivity contribution in [2.45, 2.75) is 25.7 Å². The van der Waals surface area contributed by atoms with E-state index >= 15 is 0 Å². The lowest BCUT2D eigenvalue weighted by molar-refractivity contribution is 0.283. The maximum Gasteiger partial charge on any atom is 0.296 e. The Bertz CT molecular complexity index is 486. The van der Waals surface area contributed by atoms with E-state index in [0.29, 0.717) is 0 Å². The van der Waals surface area contributed by atoms with Crippen LogP contribution in [0.5, 0.6) is 0 Å². The van der Waals surface area contributed by atoms with Crippen LogP contribution in [-0.2, 0) is 14.3 Å². The van der Waals surface area contributed by atoms with E-state index in [1.807, 2.05) is 20.8 Å². The van der Waals surface area contributed by atoms with E-state index in [-0.39, 0.29) is 17.4 Å². The largest absolute Gasteiger partial charge is 0.296 e. The minimum absolute atomic E-state index is 0.0234. The van der Waals surface area contributed by atoms with Crippen molar-refractivity contribution >= 4 is 10.1 Å². The highest BCUT2D eigenvalue weighted by Crippen LogP contribution is 2.16. The average Bonchev–Trinajstić information content (AvgIpc) is 2.26. The lowest BCUT2D eigenvalue weighted by Crippen LogP contribution is -2.13. The molecule has 17 heavy (non-hydrogen) atoms. The maximum atomic E-state index is 11.8. The highest BCUT2D eigenvalue weighted by Gasteiger charge is 2.16. The zero-order valence-electron chi connectivity index (χ0n) is 10.4. The zero-order valence-corrected chi connectivity index (χ0v) is 11.3. The van der Waals surface area contributed by atoms with Crippen molar-refractivity contribution in [2.24, 2.45) is 5.92 Å². The Kier molecular flexibility index (Phi) is 4.48. The molecule has 0 bridgehead atoms. The van der Waals surface area contributed by atoms with Crippen molar-refractivity contribution < 1.29 is 12.6 Å². The highest BCUT2D eigenvalue weighted by atomic mass is 32.2. The number of hydrogen-bond acceptors (Lipinski definition) is 3. The van der Waals surface area contributed by atoms with E-state index in [4.69, 9.17) is 4.18 Å². The predicted molar refractivity (Wildman–Crippen MR) is 68.3 cm³/mol. The first-order valence-electron chi connectivity index (χ1n) is 5.44. The highest BCUT2D eigenvalue weighted by molar-refractivity contribution is 7.86. The first kappa shape index (κ1) is 13.9. The smallest absolute Gasteiger partial charge is 0.266 e. The second kappa shape index (κ2) is 5.47. The molecule has 3 nitrogen and oxygen atoms in total. The van der Waals surface area contributed by atoms with Gasteiger partial charge < -0.3 is 0 Å². The second-order valence-corrected chi connectivity index (χ2v) is 5.91. The van der Waals surface area contributed by atoms with E-state index in [1.165, 1.54) is 0 Å². The molecule has 0 aromatic heterocycles. The van der Waals surface area contributed by atoms with Crippen molar-refractivity contribution in [2.75, 3.05) is 6.61 Å². The quantitative estimate of drug-likeness (QED) is 0.599. The van der Waals surface area contributed by atoms with Gasteiger partial charge in [0, 0.05) is 5.92 Å². The monoisotopic (exact) mass is 254 g/mol. The zero-order chi connectivity index (χ0) is 13.1. The van der Waals surface area contributed by atoms with Crippen LogP contribution in [0, 0.1) is 12.8 Å². The Morgan fingerprint density at radius 2 is 1.88 bits per heavy atom. The third-order valence-electron chi connectivity index (χ3n) is 2.62. The van der Waals surface area contributed by atoms with Crippen LogP contribution in [0.2, 0.25) is 0 Å². The van der Waals surface area contributed by atoms with Crippen LogP contribution in [0.25, 0.3) is 0 Å². The molecule has 1 aromatic carbocycles. The van der Waals surface area contributed by atoms with Crippen molar-refractivity contribution in [1.29, 1.82) is 0 Å². The van der Waals surface area contributed by atoms with Crippen molar-refractivity contribution in [3.05, 3.63) is 42.0 Å². The van der Waals surface area contributed by atoms with Gasteiger partial charge in [-0.15, -0.1) is 0 Å². The van der Waals surface area contributed by atoms with Gasteiger partial charge in [0.2, 0.25) is 0 Å². The summed E-state index contributed by atoms with van der Waals surface area (Å²) in [4.78, 5) is 0.192. The number of rotatable bonds is 5. The summed E-state index contributed by atoms with van der Waals surface area (Å²) in [5, 5.41) is 0. The first-order chi connectivity index (χ1) is 7.83. The van der Waals surface area contributed by atoms with Crippen molar-refractivity contribution in [3.8, 4) is 0 Å². The second-order valence-electron chi connectivity index (χ2n) is 4.30. The van der Waals surface area contributed by atoms with Crippen molar-refractivity contribution in [3.63, 3.8) is 0 Å². The van der Waals surface area contributed by atoms with Gasteiger partial charge in [-0.2, -0.15) is 8.42 Å². The topological polar surface area (TPSA) is 43.4 Å². The molecule has 0 aliphatic carbocycles. The summed E-state index contributed by atoms with van der Waals surface area (Å²) in [7, 11) is -3.65. The van der Waals surface area contributed by atoms with Crippen LogP contribution in [0.3, 0.4) is 0 Å². The van der Waals surface area contributed by atoms with E-state index in [0.717, 1.165) is 11.1 Å². The van der Waals surface area contributed by atoms with Gasteiger partial charge in [0.05, 0.1) is 11.5 Å². The number of hydrogen-bond donors (Lipinski definition) is 0. The normalized spacial score (nSPS) is 13.4. The van der Waals surface area contributed by atoms with Crippen LogP contribution in [0.15, 0.2) is 41.3 Å². The molecule has 0 N–H and O–H groups in total. The number of benzene rings is 1. The molecule has 0 amide bonds. The Morgan fingerprint density at radius 1 is 1.35 bits per heavy atom. The summed E-state index contributed by atoms with van der Waals surface area (Å²) in [6, 6.07) is 6.60. The van der Waals surface area contributed by atoms with Crippen LogP contribution in [-0.4, -0.2) is 15.0 Å². The van der Waals surface area contributed by atoms with E-state index in [1.54, 1.807) is 24.3 Å². The van der Waals surface area contributed by atoms with E-state index in [9.17, 15) is 8.42 Å². The Morgan fingerprint density at radius 3 is 2.35 bits per heavy atom. The molecule has 0 saturated carbocycles. The fourth-order valence-corrected chi connectivity index (χ4v) is 2.10. The van der Waals surface area contributed by atoms with Crippen molar-refractivity contribution in [1.82, 2.24) is 0 Å². The van der Waals surface area contributed by atoms with E-state index < -0.39 is 10.1 Å². The summed E-state index contributed by atoms with van der Waals surface area (Å²) in [5.41, 5.74) is 1.92. The van der Waals surface area contributed by atoms with Crippen LogP contribution >= 0.6 is 0 Å². The van der Waals surface area contributed by atoms with Crippen LogP contribution < -0.4 is 0 Å². The fraction of sp³-hybridized carbons (Fsp3) is 0.385. The molecule has 1 rings (SSSR count). The first-order valence-corrected chi connectivity index (χ1v) is 6.85. The van der Waals surface area contributed by atoms with Crippen LogP contribution in [0.1, 0.15) is 19.4 Å². The maximum absolute atomic E-state index is 11.8. The molecule has 4 heteroatoms. The Labute approximate surface area is 103 Å². The van der Waals surface area contributed by atoms with Gasteiger partial charge >= 0.3 is 0 Å². The van der Waals surface area contributed by atoms with E-state index in [2.05, 4.69) is 6.58 Å². The molecule has 0 spiro atoms. The standard InChI is InChI=1S/C13H18O3S/c1-10(2)12(4)9-16-17(14,15)13-7-5-11(3)6-8-13/h5-8,12H,1,9H2,2-4H3. The minimum Gasteiger partial charge on any atom is -0.266 e. The molecular weight excluding hydrogens is 236 g/mol. The molecule has 0 fully saturated rings. The molecule has 1 atom stereocenters. The minimum atomic E-state index is -3.65. The molecule has 0 saturated heterocycles. The molecular formula is C13H18O3S. The lowest BCUT2D eigenvalue weighted by Gasteiger charge is -2.11. The summed E-state index contributed by atoms with van der Waals surface area (Å²) in [6.07, 6.45) is 0. The van der Waals surface area contributed by atoms with Crippen LogP contribution in [0.4, 0.5) is 0 Å². The molecule has 1 aromatic rings. The van der Waals surface area contributed by atoms with Gasteiger partial charge in [0.15, 0.2) is 0 Å². The SMILES string of the molecule is C=C(C)C(C)COS(=O)(=O)c1ccc(C)cc1.